The molecule has 10 heteroatoms. The number of hydrogen-bond acceptors (Lipinski definition) is 6. The minimum absolute atomic E-state index is 0.000201. The molecule has 0 unspecified atom stereocenters. The Hall–Kier alpha value is -1.94. The molecule has 1 aromatic heterocycles. The first-order valence-corrected chi connectivity index (χ1v) is 9.97. The summed E-state index contributed by atoms with van der Waals surface area (Å²) in [6, 6.07) is 11.7. The van der Waals surface area contributed by atoms with Gasteiger partial charge in [-0.25, -0.2) is 13.1 Å². The zero-order valence-corrected chi connectivity index (χ0v) is 16.6. The van der Waals surface area contributed by atoms with E-state index in [4.69, 9.17) is 20.9 Å². The Morgan fingerprint density at radius 3 is 2.77 bits per heavy atom. The van der Waals surface area contributed by atoms with E-state index in [9.17, 15) is 8.42 Å². The molecule has 26 heavy (non-hydrogen) atoms. The second-order valence-corrected chi connectivity index (χ2v) is 8.17. The summed E-state index contributed by atoms with van der Waals surface area (Å²) in [5, 5.41) is 4.30. The first-order valence-electron chi connectivity index (χ1n) is 7.31. The molecule has 0 bridgehead atoms. The van der Waals surface area contributed by atoms with Gasteiger partial charge in [0.25, 0.3) is 0 Å². The van der Waals surface area contributed by atoms with Crippen LogP contribution in [0.25, 0.3) is 11.4 Å². The number of ether oxygens (including phenoxy) is 1. The third kappa shape index (κ3) is 4.07. The van der Waals surface area contributed by atoms with Gasteiger partial charge in [-0.15, -0.1) is 0 Å². The summed E-state index contributed by atoms with van der Waals surface area (Å²) in [6.07, 6.45) is 0. The van der Waals surface area contributed by atoms with Crippen LogP contribution in [0.1, 0.15) is 5.89 Å². The molecule has 0 aliphatic carbocycles. The van der Waals surface area contributed by atoms with Crippen molar-refractivity contribution in [1.82, 2.24) is 14.9 Å². The standard InChI is InChI=1S/C16H13BrClN3O4S/c1-24-13-7-6-10(17)8-14(13)26(22,23)19-9-15-20-16(21-25-15)11-4-2-3-5-12(11)18/h2-8,19H,9H2,1H3. The van der Waals surface area contributed by atoms with Crippen molar-refractivity contribution in [3.8, 4) is 17.1 Å². The molecule has 0 atom stereocenters. The number of benzene rings is 2. The third-order valence-electron chi connectivity index (χ3n) is 3.41. The number of nitrogens with one attached hydrogen (secondary N) is 1. The monoisotopic (exact) mass is 457 g/mol. The van der Waals surface area contributed by atoms with Crippen LogP contribution in [0.3, 0.4) is 0 Å². The average Bonchev–Trinajstić information content (AvgIpc) is 3.09. The van der Waals surface area contributed by atoms with Crippen LogP contribution >= 0.6 is 27.5 Å². The third-order valence-corrected chi connectivity index (χ3v) is 5.66. The van der Waals surface area contributed by atoms with E-state index in [1.54, 1.807) is 36.4 Å². The van der Waals surface area contributed by atoms with Crippen molar-refractivity contribution in [2.75, 3.05) is 7.11 Å². The van der Waals surface area contributed by atoms with Gasteiger partial charge < -0.3 is 9.26 Å². The highest BCUT2D eigenvalue weighted by Crippen LogP contribution is 2.28. The number of halogens is 2. The minimum Gasteiger partial charge on any atom is -0.495 e. The molecule has 3 aromatic rings. The summed E-state index contributed by atoms with van der Waals surface area (Å²) in [5.74, 6) is 0.616. The fourth-order valence-electron chi connectivity index (χ4n) is 2.17. The number of rotatable bonds is 6. The van der Waals surface area contributed by atoms with E-state index >= 15 is 0 Å². The van der Waals surface area contributed by atoms with E-state index in [2.05, 4.69) is 30.8 Å². The second-order valence-electron chi connectivity index (χ2n) is 5.11. The zero-order chi connectivity index (χ0) is 18.7. The van der Waals surface area contributed by atoms with Gasteiger partial charge in [-0.2, -0.15) is 4.98 Å². The number of aromatic nitrogens is 2. The Labute approximate surface area is 163 Å². The molecule has 1 N–H and O–H groups in total. The summed E-state index contributed by atoms with van der Waals surface area (Å²) in [7, 11) is -2.45. The summed E-state index contributed by atoms with van der Waals surface area (Å²) < 4.78 is 38.3. The normalized spacial score (nSPS) is 11.5. The molecule has 0 saturated heterocycles. The van der Waals surface area contributed by atoms with Crippen molar-refractivity contribution in [2.45, 2.75) is 11.4 Å². The molecule has 3 rings (SSSR count). The van der Waals surface area contributed by atoms with Gasteiger partial charge in [-0.3, -0.25) is 0 Å². The highest BCUT2D eigenvalue weighted by atomic mass is 79.9. The fraction of sp³-hybridized carbons (Fsp3) is 0.125. The van der Waals surface area contributed by atoms with Crippen LogP contribution in [-0.2, 0) is 16.6 Å². The minimum atomic E-state index is -3.85. The van der Waals surface area contributed by atoms with Crippen LogP contribution in [0.2, 0.25) is 5.02 Å². The maximum atomic E-state index is 12.5. The number of hydrogen-bond donors (Lipinski definition) is 1. The number of nitrogens with zero attached hydrogens (tertiary/aromatic N) is 2. The summed E-state index contributed by atoms with van der Waals surface area (Å²) in [6.45, 7) is -0.171. The van der Waals surface area contributed by atoms with Gasteiger partial charge in [0.2, 0.25) is 21.7 Å². The van der Waals surface area contributed by atoms with E-state index in [1.807, 2.05) is 0 Å². The van der Waals surface area contributed by atoms with Gasteiger partial charge in [0.05, 0.1) is 18.7 Å². The lowest BCUT2D eigenvalue weighted by atomic mass is 10.2. The van der Waals surface area contributed by atoms with Crippen molar-refractivity contribution in [1.29, 1.82) is 0 Å². The Balaban J connectivity index is 1.79. The average molecular weight is 459 g/mol. The first kappa shape index (κ1) is 18.8. The van der Waals surface area contributed by atoms with Crippen molar-refractivity contribution < 1.29 is 17.7 Å². The zero-order valence-electron chi connectivity index (χ0n) is 13.4. The summed E-state index contributed by atoms with van der Waals surface area (Å²) in [5.41, 5.74) is 0.598. The number of methoxy groups -OCH3 is 1. The van der Waals surface area contributed by atoms with Crippen LogP contribution < -0.4 is 9.46 Å². The number of sulfonamides is 1. The highest BCUT2D eigenvalue weighted by Gasteiger charge is 2.21. The molecule has 2 aromatic carbocycles. The van der Waals surface area contributed by atoms with Crippen molar-refractivity contribution in [3.05, 3.63) is 57.9 Å². The van der Waals surface area contributed by atoms with Gasteiger partial charge in [0.1, 0.15) is 10.6 Å². The molecule has 1 heterocycles. The second kappa shape index (κ2) is 7.75. The molecule has 0 aliphatic rings. The highest BCUT2D eigenvalue weighted by molar-refractivity contribution is 9.10. The molecule has 7 nitrogen and oxygen atoms in total. The van der Waals surface area contributed by atoms with E-state index in [0.717, 1.165) is 0 Å². The summed E-state index contributed by atoms with van der Waals surface area (Å²) in [4.78, 5) is 4.17. The maximum absolute atomic E-state index is 12.5. The van der Waals surface area contributed by atoms with Crippen LogP contribution in [-0.4, -0.2) is 25.7 Å². The van der Waals surface area contributed by atoms with Gasteiger partial charge in [0, 0.05) is 10.0 Å². The van der Waals surface area contributed by atoms with E-state index in [-0.39, 0.29) is 28.9 Å². The van der Waals surface area contributed by atoms with E-state index in [1.165, 1.54) is 13.2 Å². The largest absolute Gasteiger partial charge is 0.495 e. The van der Waals surface area contributed by atoms with Crippen LogP contribution in [0, 0.1) is 0 Å². The molecule has 0 spiro atoms. The van der Waals surface area contributed by atoms with E-state index in [0.29, 0.717) is 15.1 Å². The Bertz CT molecular complexity index is 1040. The Kier molecular flexibility index (Phi) is 5.61. The van der Waals surface area contributed by atoms with Crippen molar-refractivity contribution in [3.63, 3.8) is 0 Å². The molecule has 0 saturated carbocycles. The van der Waals surface area contributed by atoms with Gasteiger partial charge in [-0.05, 0) is 30.3 Å². The fourth-order valence-corrected chi connectivity index (χ4v) is 4.07. The lowest BCUT2D eigenvalue weighted by Gasteiger charge is -2.10. The quantitative estimate of drug-likeness (QED) is 0.606. The molecule has 0 amide bonds. The van der Waals surface area contributed by atoms with Crippen LogP contribution in [0.5, 0.6) is 5.75 Å². The topological polar surface area (TPSA) is 94.3 Å². The maximum Gasteiger partial charge on any atom is 0.244 e. The van der Waals surface area contributed by atoms with Gasteiger partial charge >= 0.3 is 0 Å². The lowest BCUT2D eigenvalue weighted by molar-refractivity contribution is 0.375. The Morgan fingerprint density at radius 2 is 2.04 bits per heavy atom. The lowest BCUT2D eigenvalue weighted by Crippen LogP contribution is -2.24. The predicted molar refractivity (Wildman–Crippen MR) is 99.5 cm³/mol. The van der Waals surface area contributed by atoms with Crippen LogP contribution in [0.15, 0.2) is 56.4 Å². The molecule has 0 fully saturated rings. The molecular formula is C16H13BrClN3O4S. The molecule has 136 valence electrons. The molecule has 0 aliphatic heterocycles. The molecular weight excluding hydrogens is 446 g/mol. The van der Waals surface area contributed by atoms with Gasteiger partial charge in [0.15, 0.2) is 0 Å². The van der Waals surface area contributed by atoms with Crippen molar-refractivity contribution >= 4 is 37.6 Å². The smallest absolute Gasteiger partial charge is 0.244 e. The Morgan fingerprint density at radius 1 is 1.27 bits per heavy atom. The predicted octanol–water partition coefficient (Wildman–Crippen LogP) is 3.64. The first-order chi connectivity index (χ1) is 12.4. The SMILES string of the molecule is COc1ccc(Br)cc1S(=O)(=O)NCc1nc(-c2ccccc2Cl)no1. The van der Waals surface area contributed by atoms with Gasteiger partial charge in [-0.1, -0.05) is 44.8 Å². The van der Waals surface area contributed by atoms with Crippen LogP contribution in [0.4, 0.5) is 0 Å². The van der Waals surface area contributed by atoms with E-state index < -0.39 is 10.0 Å². The summed E-state index contributed by atoms with van der Waals surface area (Å²) >= 11 is 9.34. The molecule has 0 radical (unpaired) electrons. The van der Waals surface area contributed by atoms with Crippen molar-refractivity contribution in [2.24, 2.45) is 0 Å².